The second kappa shape index (κ2) is 4.11. The highest BCUT2D eigenvalue weighted by Crippen LogP contribution is 2.48. The number of methoxy groups -OCH3 is 3. The van der Waals surface area contributed by atoms with E-state index in [2.05, 4.69) is 14.2 Å². The zero-order valence-electron chi connectivity index (χ0n) is 9.47. The van der Waals surface area contributed by atoms with E-state index in [1.54, 1.807) is 0 Å². The van der Waals surface area contributed by atoms with Crippen molar-refractivity contribution in [3.63, 3.8) is 0 Å². The highest BCUT2D eigenvalue weighted by molar-refractivity contribution is 5.26. The van der Waals surface area contributed by atoms with Gasteiger partial charge in [-0.2, -0.15) is 17.6 Å². The highest BCUT2D eigenvalue weighted by Gasteiger charge is 2.70. The monoisotopic (exact) mass is 259 g/mol. The van der Waals surface area contributed by atoms with E-state index in [4.69, 9.17) is 5.73 Å². The fourth-order valence-electron chi connectivity index (χ4n) is 1.63. The van der Waals surface area contributed by atoms with E-state index in [1.165, 1.54) is 0 Å². The van der Waals surface area contributed by atoms with Gasteiger partial charge in [-0.25, -0.2) is 0 Å². The van der Waals surface area contributed by atoms with E-state index >= 15 is 0 Å². The first-order valence-corrected chi connectivity index (χ1v) is 4.58. The van der Waals surface area contributed by atoms with Gasteiger partial charge in [-0.1, -0.05) is 0 Å². The average Bonchev–Trinajstić information content (AvgIpc) is 2.28. The fraction of sp³-hybridized carbons (Fsp3) is 0.778. The summed E-state index contributed by atoms with van der Waals surface area (Å²) in [6.45, 7) is 0. The first-order valence-electron chi connectivity index (χ1n) is 4.58. The molecule has 1 unspecified atom stereocenters. The van der Waals surface area contributed by atoms with Gasteiger partial charge in [0.25, 0.3) is 5.79 Å². The van der Waals surface area contributed by atoms with Crippen LogP contribution >= 0.6 is 0 Å². The topological polar surface area (TPSA) is 53.7 Å². The van der Waals surface area contributed by atoms with Gasteiger partial charge in [-0.3, -0.25) is 0 Å². The van der Waals surface area contributed by atoms with Crippen molar-refractivity contribution in [2.45, 2.75) is 23.7 Å². The molecule has 0 aromatic rings. The largest absolute Gasteiger partial charge is 0.495 e. The van der Waals surface area contributed by atoms with E-state index in [0.717, 1.165) is 21.3 Å². The van der Waals surface area contributed by atoms with Crippen molar-refractivity contribution < 1.29 is 31.8 Å². The van der Waals surface area contributed by atoms with Gasteiger partial charge in [-0.15, -0.1) is 0 Å². The summed E-state index contributed by atoms with van der Waals surface area (Å²) in [4.78, 5) is 0. The lowest BCUT2D eigenvalue weighted by Gasteiger charge is -2.44. The first kappa shape index (κ1) is 14.2. The molecule has 100 valence electrons. The van der Waals surface area contributed by atoms with Crippen LogP contribution in [0.4, 0.5) is 17.6 Å². The van der Waals surface area contributed by atoms with E-state index in [0.29, 0.717) is 6.08 Å². The Morgan fingerprint density at radius 3 is 1.94 bits per heavy atom. The Kier molecular flexibility index (Phi) is 3.43. The first-order chi connectivity index (χ1) is 7.69. The molecule has 0 radical (unpaired) electrons. The van der Waals surface area contributed by atoms with E-state index in [-0.39, 0.29) is 0 Å². The van der Waals surface area contributed by atoms with Crippen LogP contribution < -0.4 is 5.73 Å². The molecule has 4 nitrogen and oxygen atoms in total. The van der Waals surface area contributed by atoms with Gasteiger partial charge in [0.1, 0.15) is 6.04 Å². The molecule has 0 aromatic heterocycles. The molecule has 0 aromatic carbocycles. The van der Waals surface area contributed by atoms with Crippen LogP contribution in [0.25, 0.3) is 0 Å². The van der Waals surface area contributed by atoms with Gasteiger partial charge in [-0.05, 0) is 0 Å². The molecule has 0 amide bonds. The molecule has 8 heteroatoms. The molecule has 0 saturated carbocycles. The van der Waals surface area contributed by atoms with E-state index in [1.807, 2.05) is 0 Å². The van der Waals surface area contributed by atoms with Gasteiger partial charge >= 0.3 is 11.8 Å². The molecule has 0 aliphatic heterocycles. The molecule has 0 heterocycles. The lowest BCUT2D eigenvalue weighted by Crippen LogP contribution is -2.68. The van der Waals surface area contributed by atoms with Gasteiger partial charge in [0.05, 0.1) is 7.11 Å². The normalized spacial score (nSPS) is 29.6. The summed E-state index contributed by atoms with van der Waals surface area (Å²) in [6, 6.07) is -2.81. The second-order valence-electron chi connectivity index (χ2n) is 3.51. The van der Waals surface area contributed by atoms with Crippen LogP contribution in [-0.4, -0.2) is 45.0 Å². The van der Waals surface area contributed by atoms with Crippen molar-refractivity contribution in [2.24, 2.45) is 5.73 Å². The lowest BCUT2D eigenvalue weighted by molar-refractivity contribution is -0.323. The van der Waals surface area contributed by atoms with Gasteiger partial charge in [0.2, 0.25) is 0 Å². The molecule has 2 N–H and O–H groups in total. The van der Waals surface area contributed by atoms with Crippen molar-refractivity contribution in [1.82, 2.24) is 0 Å². The summed E-state index contributed by atoms with van der Waals surface area (Å²) in [5, 5.41) is 0. The van der Waals surface area contributed by atoms with Crippen molar-refractivity contribution in [3.8, 4) is 0 Å². The van der Waals surface area contributed by atoms with Crippen LogP contribution in [0, 0.1) is 0 Å². The predicted octanol–water partition coefficient (Wildman–Crippen LogP) is 1.12. The molecule has 17 heavy (non-hydrogen) atoms. The number of hydrogen-bond donors (Lipinski definition) is 1. The zero-order valence-corrected chi connectivity index (χ0v) is 9.47. The molecule has 1 aliphatic rings. The minimum absolute atomic E-state index is 0.399. The maximum absolute atomic E-state index is 13.8. The molecule has 1 rings (SSSR count). The third kappa shape index (κ3) is 1.71. The lowest BCUT2D eigenvalue weighted by atomic mass is 9.87. The molecule has 1 aliphatic carbocycles. The number of ether oxygens (including phenoxy) is 3. The van der Waals surface area contributed by atoms with Crippen LogP contribution in [0.2, 0.25) is 0 Å². The predicted molar refractivity (Wildman–Crippen MR) is 49.7 cm³/mol. The third-order valence-corrected chi connectivity index (χ3v) is 2.72. The van der Waals surface area contributed by atoms with Crippen LogP contribution in [0.5, 0.6) is 0 Å². The SMILES string of the molecule is COC1=CC(OC)(OC)C(F)(F)C(N)C1(F)F. The summed E-state index contributed by atoms with van der Waals surface area (Å²) < 4.78 is 67.8. The summed E-state index contributed by atoms with van der Waals surface area (Å²) >= 11 is 0. The average molecular weight is 259 g/mol. The van der Waals surface area contributed by atoms with Crippen LogP contribution in [-0.2, 0) is 14.2 Å². The molecule has 0 bridgehead atoms. The standard InChI is InChI=1S/C9H13F4NO3/c1-15-5-4-7(16-2,17-3)9(12,13)6(14)8(5,10)11/h4,6H,14H2,1-3H3. The second-order valence-corrected chi connectivity index (χ2v) is 3.51. The third-order valence-electron chi connectivity index (χ3n) is 2.72. The number of halogens is 4. The Labute approximate surface area is 95.3 Å². The van der Waals surface area contributed by atoms with Crippen LogP contribution in [0.1, 0.15) is 0 Å². The van der Waals surface area contributed by atoms with Gasteiger partial charge in [0.15, 0.2) is 5.76 Å². The maximum atomic E-state index is 13.8. The Bertz CT molecular complexity index is 328. The number of rotatable bonds is 3. The van der Waals surface area contributed by atoms with Gasteiger partial charge in [0, 0.05) is 20.3 Å². The summed E-state index contributed by atoms with van der Waals surface area (Å²) in [5.41, 5.74) is 4.90. The minimum Gasteiger partial charge on any atom is -0.495 e. The maximum Gasteiger partial charge on any atom is 0.325 e. The fourth-order valence-corrected chi connectivity index (χ4v) is 1.63. The van der Waals surface area contributed by atoms with Crippen molar-refractivity contribution in [1.29, 1.82) is 0 Å². The van der Waals surface area contributed by atoms with Crippen molar-refractivity contribution in [2.75, 3.05) is 21.3 Å². The van der Waals surface area contributed by atoms with Crippen molar-refractivity contribution >= 4 is 0 Å². The minimum atomic E-state index is -4.11. The molecule has 0 saturated heterocycles. The highest BCUT2D eigenvalue weighted by atomic mass is 19.3. The summed E-state index contributed by atoms with van der Waals surface area (Å²) in [6.07, 6.45) is 0.399. The Balaban J connectivity index is 3.43. The number of alkyl halides is 4. The molecule has 0 fully saturated rings. The van der Waals surface area contributed by atoms with Crippen LogP contribution in [0.15, 0.2) is 11.8 Å². The zero-order chi connectivity index (χ0) is 13.5. The number of nitrogens with two attached hydrogens (primary N) is 1. The Morgan fingerprint density at radius 1 is 1.12 bits per heavy atom. The number of hydrogen-bond acceptors (Lipinski definition) is 4. The molecule has 0 spiro atoms. The van der Waals surface area contributed by atoms with E-state index in [9.17, 15) is 17.6 Å². The molecular weight excluding hydrogens is 246 g/mol. The summed E-state index contributed by atoms with van der Waals surface area (Å²) in [7, 11) is 2.72. The van der Waals surface area contributed by atoms with E-state index < -0.39 is 29.4 Å². The Hall–Kier alpha value is -0.860. The molecule has 1 atom stereocenters. The van der Waals surface area contributed by atoms with Crippen molar-refractivity contribution in [3.05, 3.63) is 11.8 Å². The quantitative estimate of drug-likeness (QED) is 0.609. The van der Waals surface area contributed by atoms with Crippen LogP contribution in [0.3, 0.4) is 0 Å². The molecular formula is C9H13F4NO3. The van der Waals surface area contributed by atoms with Gasteiger partial charge < -0.3 is 19.9 Å². The smallest absolute Gasteiger partial charge is 0.325 e. The Morgan fingerprint density at radius 2 is 1.59 bits per heavy atom. The summed E-state index contributed by atoms with van der Waals surface area (Å²) in [5.74, 6) is -11.8.